The molecule has 2 heterocycles. The topological polar surface area (TPSA) is 66.6 Å². The largest absolute Gasteiger partial charge is 0.356 e. The van der Waals surface area contributed by atoms with Gasteiger partial charge in [-0.3, -0.25) is 9.39 Å². The average Bonchev–Trinajstić information content (AvgIpc) is 2.90. The number of fused-ring (bicyclic) bond motifs is 1. The second-order valence-electron chi connectivity index (χ2n) is 4.26. The molecular weight excluding hydrogens is 379 g/mol. The van der Waals surface area contributed by atoms with E-state index in [0.29, 0.717) is 6.54 Å². The van der Waals surface area contributed by atoms with Gasteiger partial charge in [0.15, 0.2) is 17.4 Å². The number of pyridine rings is 1. The van der Waals surface area contributed by atoms with Gasteiger partial charge in [-0.1, -0.05) is 18.2 Å². The van der Waals surface area contributed by atoms with Crippen LogP contribution in [0, 0.1) is 0 Å². The number of hydrogen-bond acceptors (Lipinski definition) is 3. The Bertz CT molecular complexity index is 604. The molecule has 6 nitrogen and oxygen atoms in total. The predicted octanol–water partition coefficient (Wildman–Crippen LogP) is 1.98. The smallest absolute Gasteiger partial charge is 0.191 e. The van der Waals surface area contributed by atoms with Gasteiger partial charge < -0.3 is 10.6 Å². The molecule has 0 radical (unpaired) electrons. The van der Waals surface area contributed by atoms with Crippen molar-refractivity contribution in [3.63, 3.8) is 0 Å². The van der Waals surface area contributed by atoms with Gasteiger partial charge in [-0.05, 0) is 25.5 Å². The minimum absolute atomic E-state index is 0. The SMILES string of the molecule is CC=CCCNC(=NC)NCc1nnc2ccccn12.I. The second kappa shape index (κ2) is 9.32. The molecule has 0 saturated carbocycles. The van der Waals surface area contributed by atoms with Gasteiger partial charge in [-0.15, -0.1) is 34.2 Å². The van der Waals surface area contributed by atoms with E-state index < -0.39 is 0 Å². The molecule has 2 N–H and O–H groups in total. The molecule has 0 bridgehead atoms. The van der Waals surface area contributed by atoms with Gasteiger partial charge in [0, 0.05) is 19.8 Å². The second-order valence-corrected chi connectivity index (χ2v) is 4.26. The highest BCUT2D eigenvalue weighted by molar-refractivity contribution is 14.0. The molecule has 0 aliphatic carbocycles. The molecule has 21 heavy (non-hydrogen) atoms. The van der Waals surface area contributed by atoms with Crippen molar-refractivity contribution in [2.24, 2.45) is 4.99 Å². The normalized spacial score (nSPS) is 11.6. The van der Waals surface area contributed by atoms with Gasteiger partial charge in [0.2, 0.25) is 0 Å². The third kappa shape index (κ3) is 5.00. The molecule has 0 atom stereocenters. The fraction of sp³-hybridized carbons (Fsp3) is 0.357. The number of nitrogens with one attached hydrogen (secondary N) is 2. The van der Waals surface area contributed by atoms with Crippen LogP contribution >= 0.6 is 24.0 Å². The summed E-state index contributed by atoms with van der Waals surface area (Å²) in [5.41, 5.74) is 0.848. The van der Waals surface area contributed by atoms with E-state index in [1.807, 2.05) is 41.8 Å². The molecule has 0 aliphatic rings. The van der Waals surface area contributed by atoms with E-state index in [1.54, 1.807) is 7.05 Å². The van der Waals surface area contributed by atoms with Crippen molar-refractivity contribution in [2.45, 2.75) is 19.9 Å². The number of halogens is 1. The van der Waals surface area contributed by atoms with Gasteiger partial charge in [0.1, 0.15) is 0 Å². The van der Waals surface area contributed by atoms with Crippen molar-refractivity contribution in [2.75, 3.05) is 13.6 Å². The molecule has 0 fully saturated rings. The molecule has 2 aromatic rings. The lowest BCUT2D eigenvalue weighted by molar-refractivity contribution is 0.761. The highest BCUT2D eigenvalue weighted by atomic mass is 127. The minimum atomic E-state index is 0. The number of aromatic nitrogens is 3. The molecule has 2 aromatic heterocycles. The summed E-state index contributed by atoms with van der Waals surface area (Å²) in [6.07, 6.45) is 7.09. The summed E-state index contributed by atoms with van der Waals surface area (Å²) >= 11 is 0. The standard InChI is InChI=1S/C14H20N6.HI/c1-3-4-6-9-16-14(15-2)17-11-13-19-18-12-8-5-7-10-20(12)13;/h3-5,7-8,10H,6,9,11H2,1-2H3,(H2,15,16,17);1H. The van der Waals surface area contributed by atoms with Crippen LogP contribution in [0.5, 0.6) is 0 Å². The maximum Gasteiger partial charge on any atom is 0.191 e. The molecule has 2 rings (SSSR count). The first-order valence-corrected chi connectivity index (χ1v) is 6.69. The summed E-state index contributed by atoms with van der Waals surface area (Å²) in [4.78, 5) is 4.18. The Labute approximate surface area is 141 Å². The number of nitrogens with zero attached hydrogens (tertiary/aromatic N) is 4. The highest BCUT2D eigenvalue weighted by Crippen LogP contribution is 2.01. The Hall–Kier alpha value is -1.64. The quantitative estimate of drug-likeness (QED) is 0.265. The maximum absolute atomic E-state index is 4.18. The fourth-order valence-corrected chi connectivity index (χ4v) is 1.84. The molecular formula is C14H21IN6. The molecule has 114 valence electrons. The van der Waals surface area contributed by atoms with Crippen molar-refractivity contribution in [1.29, 1.82) is 0 Å². The van der Waals surface area contributed by atoms with Crippen molar-refractivity contribution in [1.82, 2.24) is 25.2 Å². The lowest BCUT2D eigenvalue weighted by Crippen LogP contribution is -2.37. The molecule has 7 heteroatoms. The Balaban J connectivity index is 0.00000220. The fourth-order valence-electron chi connectivity index (χ4n) is 1.84. The van der Waals surface area contributed by atoms with Crippen LogP contribution in [0.2, 0.25) is 0 Å². The first-order chi connectivity index (χ1) is 9.85. The van der Waals surface area contributed by atoms with Crippen LogP contribution in [0.15, 0.2) is 41.5 Å². The first kappa shape index (κ1) is 17.4. The molecule has 0 amide bonds. The summed E-state index contributed by atoms with van der Waals surface area (Å²) in [6.45, 7) is 3.45. The number of rotatable bonds is 5. The van der Waals surface area contributed by atoms with E-state index in [0.717, 1.165) is 30.4 Å². The third-order valence-corrected chi connectivity index (χ3v) is 2.86. The Morgan fingerprint density at radius 1 is 1.33 bits per heavy atom. The predicted molar refractivity (Wildman–Crippen MR) is 96.0 cm³/mol. The summed E-state index contributed by atoms with van der Waals surface area (Å²) in [5.74, 6) is 1.62. The van der Waals surface area contributed by atoms with Crippen LogP contribution in [-0.4, -0.2) is 34.2 Å². The van der Waals surface area contributed by atoms with Crippen molar-refractivity contribution in [3.8, 4) is 0 Å². The summed E-state index contributed by atoms with van der Waals surface area (Å²) in [7, 11) is 1.76. The zero-order valence-corrected chi connectivity index (χ0v) is 14.6. The molecule has 0 aromatic carbocycles. The van der Waals surface area contributed by atoms with Crippen LogP contribution in [0.25, 0.3) is 5.65 Å². The Morgan fingerprint density at radius 3 is 2.95 bits per heavy atom. The van der Waals surface area contributed by atoms with Crippen molar-refractivity contribution < 1.29 is 0 Å². The van der Waals surface area contributed by atoms with E-state index >= 15 is 0 Å². The zero-order chi connectivity index (χ0) is 14.2. The van der Waals surface area contributed by atoms with Crippen molar-refractivity contribution in [3.05, 3.63) is 42.4 Å². The number of aliphatic imine (C=N–C) groups is 1. The van der Waals surface area contributed by atoms with Gasteiger partial charge in [0.25, 0.3) is 0 Å². The molecule has 0 spiro atoms. The van der Waals surface area contributed by atoms with Crippen LogP contribution in [0.4, 0.5) is 0 Å². The summed E-state index contributed by atoms with van der Waals surface area (Å²) in [6, 6.07) is 5.84. The van der Waals surface area contributed by atoms with Crippen LogP contribution < -0.4 is 10.6 Å². The Morgan fingerprint density at radius 2 is 2.19 bits per heavy atom. The lowest BCUT2D eigenvalue weighted by Gasteiger charge is -2.10. The van der Waals surface area contributed by atoms with E-state index in [-0.39, 0.29) is 24.0 Å². The highest BCUT2D eigenvalue weighted by Gasteiger charge is 2.04. The summed E-state index contributed by atoms with van der Waals surface area (Å²) in [5, 5.41) is 14.8. The number of guanidine groups is 1. The van der Waals surface area contributed by atoms with E-state index in [9.17, 15) is 0 Å². The lowest BCUT2D eigenvalue weighted by atomic mass is 10.4. The van der Waals surface area contributed by atoms with Crippen molar-refractivity contribution >= 4 is 35.6 Å². The van der Waals surface area contributed by atoms with Gasteiger partial charge in [-0.25, -0.2) is 0 Å². The molecule has 0 aliphatic heterocycles. The third-order valence-electron chi connectivity index (χ3n) is 2.86. The molecule has 0 unspecified atom stereocenters. The van der Waals surface area contributed by atoms with Gasteiger partial charge in [-0.2, -0.15) is 0 Å². The first-order valence-electron chi connectivity index (χ1n) is 6.69. The molecule has 0 saturated heterocycles. The number of hydrogen-bond donors (Lipinski definition) is 2. The van der Waals surface area contributed by atoms with Crippen LogP contribution in [0.1, 0.15) is 19.2 Å². The van der Waals surface area contributed by atoms with E-state index in [2.05, 4.69) is 31.9 Å². The van der Waals surface area contributed by atoms with Gasteiger partial charge in [0.05, 0.1) is 6.54 Å². The van der Waals surface area contributed by atoms with Crippen LogP contribution in [0.3, 0.4) is 0 Å². The summed E-state index contributed by atoms with van der Waals surface area (Å²) < 4.78 is 1.96. The monoisotopic (exact) mass is 400 g/mol. The van der Waals surface area contributed by atoms with Crippen LogP contribution in [-0.2, 0) is 6.54 Å². The zero-order valence-electron chi connectivity index (χ0n) is 12.3. The number of allylic oxidation sites excluding steroid dienone is 1. The minimum Gasteiger partial charge on any atom is -0.356 e. The van der Waals surface area contributed by atoms with E-state index in [4.69, 9.17) is 0 Å². The van der Waals surface area contributed by atoms with E-state index in [1.165, 1.54) is 0 Å². The maximum atomic E-state index is 4.18. The Kier molecular flexibility index (Phi) is 7.73. The van der Waals surface area contributed by atoms with Gasteiger partial charge >= 0.3 is 0 Å². The average molecular weight is 400 g/mol.